The van der Waals surface area contributed by atoms with Crippen LogP contribution in [0.25, 0.3) is 10.8 Å². The molecule has 5 fully saturated rings. The van der Waals surface area contributed by atoms with Crippen molar-refractivity contribution in [2.24, 2.45) is 23.2 Å². The smallest absolute Gasteiger partial charge is 0.231 e. The van der Waals surface area contributed by atoms with Gasteiger partial charge in [-0.15, -0.1) is 0 Å². The molecule has 0 spiro atoms. The zero-order valence-corrected chi connectivity index (χ0v) is 16.8. The predicted molar refractivity (Wildman–Crippen MR) is 110 cm³/mol. The highest BCUT2D eigenvalue weighted by Gasteiger charge is 2.64. The van der Waals surface area contributed by atoms with Crippen LogP contribution in [0.5, 0.6) is 0 Å². The summed E-state index contributed by atoms with van der Waals surface area (Å²) in [6.45, 7) is 4.23. The van der Waals surface area contributed by atoms with Crippen LogP contribution in [-0.2, 0) is 4.79 Å². The van der Waals surface area contributed by atoms with Crippen LogP contribution in [0.1, 0.15) is 57.6 Å². The summed E-state index contributed by atoms with van der Waals surface area (Å²) in [6, 6.07) is 15.5. The fourth-order valence-corrected chi connectivity index (χ4v) is 7.59. The highest BCUT2D eigenvalue weighted by atomic mass is 16.3. The minimum atomic E-state index is -0.453. The first kappa shape index (κ1) is 17.0. The van der Waals surface area contributed by atoms with E-state index in [2.05, 4.69) is 61.2 Å². The van der Waals surface area contributed by atoms with Gasteiger partial charge in [-0.3, -0.25) is 4.79 Å². The Balaban J connectivity index is 1.44. The Kier molecular flexibility index (Phi) is 3.27. The number of carbonyl (C=O) groups is 1. The Labute approximate surface area is 166 Å². The highest BCUT2D eigenvalue weighted by molar-refractivity contribution is 5.94. The number of hydrogen-bond donors (Lipinski definition) is 1. The van der Waals surface area contributed by atoms with Gasteiger partial charge in [-0.05, 0) is 80.0 Å². The number of nitrogens with zero attached hydrogens (tertiary/aromatic N) is 1. The maximum atomic E-state index is 13.4. The quantitative estimate of drug-likeness (QED) is 0.774. The first-order valence-corrected chi connectivity index (χ1v) is 10.9. The minimum Gasteiger partial charge on any atom is -0.390 e. The second kappa shape index (κ2) is 5.38. The molecule has 6 atom stereocenters. The molecule has 4 aliphatic carbocycles. The van der Waals surface area contributed by atoms with Crippen LogP contribution in [0, 0.1) is 23.2 Å². The lowest BCUT2D eigenvalue weighted by Gasteiger charge is -2.66. The molecular formula is C25H29NO2. The number of hydrogen-bond acceptors (Lipinski definition) is 2. The molecule has 0 aromatic heterocycles. The van der Waals surface area contributed by atoms with Crippen LogP contribution in [0.2, 0.25) is 0 Å². The molecule has 1 saturated heterocycles. The topological polar surface area (TPSA) is 40.5 Å². The van der Waals surface area contributed by atoms with Crippen molar-refractivity contribution in [2.75, 3.05) is 0 Å². The molecule has 3 nitrogen and oxygen atoms in total. The Hall–Kier alpha value is -1.87. The van der Waals surface area contributed by atoms with Gasteiger partial charge in [0.15, 0.2) is 0 Å². The fourth-order valence-electron chi connectivity index (χ4n) is 7.59. The zero-order chi connectivity index (χ0) is 19.3. The minimum absolute atomic E-state index is 0.128. The summed E-state index contributed by atoms with van der Waals surface area (Å²) in [7, 11) is 0. The summed E-state index contributed by atoms with van der Waals surface area (Å²) < 4.78 is 0. The van der Waals surface area contributed by atoms with Gasteiger partial charge in [-0.1, -0.05) is 42.5 Å². The average molecular weight is 376 g/mol. The second-order valence-electron chi connectivity index (χ2n) is 10.6. The van der Waals surface area contributed by atoms with Crippen LogP contribution in [0.3, 0.4) is 0 Å². The van der Waals surface area contributed by atoms with E-state index in [0.717, 1.165) is 19.3 Å². The molecule has 2 aromatic carbocycles. The summed E-state index contributed by atoms with van der Waals surface area (Å²) >= 11 is 0. The third-order valence-corrected chi connectivity index (χ3v) is 8.38. The number of likely N-dealkylation sites (tertiary alicyclic amines) is 1. The second-order valence-corrected chi connectivity index (χ2v) is 10.6. The number of rotatable bonds is 2. The first-order chi connectivity index (χ1) is 13.4. The summed E-state index contributed by atoms with van der Waals surface area (Å²) in [4.78, 5) is 15.6. The fraction of sp³-hybridized carbons (Fsp3) is 0.560. The number of amides is 1. The standard InChI is InChI=1S/C25H29NO2/c1-24(2)22(20-9-5-7-16-6-3-4-8-19(16)20)26(23(24)27)21-17-10-15-11-18(21)14-25(28,12-15)13-17/h3-9,15,17-18,21-22,28H,10-14H2,1-2H3/t15?,17-,18+,21?,22?,25?. The highest BCUT2D eigenvalue weighted by Crippen LogP contribution is 2.62. The van der Waals surface area contributed by atoms with Crippen LogP contribution < -0.4 is 0 Å². The van der Waals surface area contributed by atoms with Crippen molar-refractivity contribution >= 4 is 16.7 Å². The van der Waals surface area contributed by atoms with Crippen LogP contribution >= 0.6 is 0 Å². The maximum absolute atomic E-state index is 13.4. The SMILES string of the molecule is CC1(C)C(=O)N(C2[C@@H]3CC4C[C@H]2CC(O)(C4)C3)C1c1cccc2ccccc12. The number of β-lactam (4-membered cyclic amide) rings is 1. The molecule has 5 aliphatic rings. The monoisotopic (exact) mass is 375 g/mol. The molecule has 146 valence electrons. The van der Waals surface area contributed by atoms with Gasteiger partial charge in [0.1, 0.15) is 0 Å². The third kappa shape index (κ3) is 2.11. The lowest BCUT2D eigenvalue weighted by Crippen LogP contribution is -2.71. The number of benzene rings is 2. The maximum Gasteiger partial charge on any atom is 0.231 e. The van der Waals surface area contributed by atoms with Gasteiger partial charge in [-0.2, -0.15) is 0 Å². The van der Waals surface area contributed by atoms with Crippen molar-refractivity contribution in [3.63, 3.8) is 0 Å². The van der Waals surface area contributed by atoms with Crippen molar-refractivity contribution in [1.82, 2.24) is 4.90 Å². The van der Waals surface area contributed by atoms with Gasteiger partial charge in [0.2, 0.25) is 5.91 Å². The van der Waals surface area contributed by atoms with E-state index in [1.54, 1.807) is 0 Å². The molecule has 1 aliphatic heterocycles. The van der Waals surface area contributed by atoms with Gasteiger partial charge in [0.25, 0.3) is 0 Å². The molecule has 1 heterocycles. The van der Waals surface area contributed by atoms with Crippen molar-refractivity contribution in [1.29, 1.82) is 0 Å². The van der Waals surface area contributed by atoms with E-state index in [9.17, 15) is 9.90 Å². The summed E-state index contributed by atoms with van der Waals surface area (Å²) in [6.07, 6.45) is 5.14. The van der Waals surface area contributed by atoms with Crippen molar-refractivity contribution < 1.29 is 9.90 Å². The van der Waals surface area contributed by atoms with E-state index in [1.165, 1.54) is 29.2 Å². The summed E-state index contributed by atoms with van der Waals surface area (Å²) in [5.41, 5.74) is 0.469. The average Bonchev–Trinajstić information content (AvgIpc) is 2.65. The lowest BCUT2D eigenvalue weighted by atomic mass is 9.50. The molecule has 0 radical (unpaired) electrons. The molecule has 2 aromatic rings. The first-order valence-electron chi connectivity index (χ1n) is 10.9. The van der Waals surface area contributed by atoms with E-state index < -0.39 is 5.60 Å². The normalized spacial score (nSPS) is 40.8. The molecule has 3 heteroatoms. The third-order valence-electron chi connectivity index (χ3n) is 8.38. The van der Waals surface area contributed by atoms with E-state index in [1.807, 2.05) is 0 Å². The van der Waals surface area contributed by atoms with Crippen LogP contribution in [0.4, 0.5) is 0 Å². The molecule has 4 bridgehead atoms. The Morgan fingerprint density at radius 3 is 2.36 bits per heavy atom. The summed E-state index contributed by atoms with van der Waals surface area (Å²) in [5.74, 6) is 1.90. The van der Waals surface area contributed by atoms with Crippen LogP contribution in [0.15, 0.2) is 42.5 Å². The van der Waals surface area contributed by atoms with Crippen LogP contribution in [-0.4, -0.2) is 27.6 Å². The van der Waals surface area contributed by atoms with Crippen molar-refractivity contribution in [3.05, 3.63) is 48.0 Å². The van der Waals surface area contributed by atoms with Gasteiger partial charge in [0, 0.05) is 6.04 Å². The lowest BCUT2D eigenvalue weighted by molar-refractivity contribution is -0.208. The molecule has 1 amide bonds. The molecule has 7 rings (SSSR count). The molecule has 4 saturated carbocycles. The Bertz CT molecular complexity index is 958. The molecule has 4 unspecified atom stereocenters. The van der Waals surface area contributed by atoms with E-state index in [-0.39, 0.29) is 11.5 Å². The molecule has 28 heavy (non-hydrogen) atoms. The predicted octanol–water partition coefficient (Wildman–Crippen LogP) is 4.69. The summed E-state index contributed by atoms with van der Waals surface area (Å²) in [5, 5.41) is 13.5. The number of aliphatic hydroxyl groups is 1. The van der Waals surface area contributed by atoms with E-state index >= 15 is 0 Å². The number of carbonyl (C=O) groups excluding carboxylic acids is 1. The van der Waals surface area contributed by atoms with Gasteiger partial charge < -0.3 is 10.0 Å². The Morgan fingerprint density at radius 2 is 1.64 bits per heavy atom. The largest absolute Gasteiger partial charge is 0.390 e. The van der Waals surface area contributed by atoms with E-state index in [4.69, 9.17) is 0 Å². The molecule has 1 N–H and O–H groups in total. The van der Waals surface area contributed by atoms with Gasteiger partial charge in [-0.25, -0.2) is 0 Å². The van der Waals surface area contributed by atoms with Gasteiger partial charge >= 0.3 is 0 Å². The van der Waals surface area contributed by atoms with Gasteiger partial charge in [0.05, 0.1) is 17.1 Å². The number of fused-ring (bicyclic) bond motifs is 1. The van der Waals surface area contributed by atoms with Crippen molar-refractivity contribution in [3.8, 4) is 0 Å². The van der Waals surface area contributed by atoms with E-state index in [0.29, 0.717) is 29.7 Å². The zero-order valence-electron chi connectivity index (χ0n) is 16.8. The van der Waals surface area contributed by atoms with Crippen molar-refractivity contribution in [2.45, 2.75) is 63.6 Å². The Morgan fingerprint density at radius 1 is 0.964 bits per heavy atom. The molecular weight excluding hydrogens is 346 g/mol.